The lowest BCUT2D eigenvalue weighted by Gasteiger charge is -2.08. The standard InChI is InChI=1S/C37H70O4.C31H58O4/c1-4-6-8-10-12-14-16-18-20-22-24-26-28-30-32-40-36(38)34-35(3)37(39)41-33-31-29-27-25-23-21-19-17-15-13-11-9-7-5-2;1-4-6-8-10-12-14-16-18-20-22-24-26-34-30(32)28-29(3)31(33)35-27-25-23-21-19-17-15-13-11-9-7-5-2/h3-34H2,1-2H3;3-28H2,1-2H3. The van der Waals surface area contributed by atoms with Gasteiger partial charge in [0.25, 0.3) is 0 Å². The van der Waals surface area contributed by atoms with Gasteiger partial charge in [0.2, 0.25) is 0 Å². The normalized spacial score (nSPS) is 11.0. The van der Waals surface area contributed by atoms with Crippen LogP contribution in [0.25, 0.3) is 0 Å². The molecule has 0 radical (unpaired) electrons. The summed E-state index contributed by atoms with van der Waals surface area (Å²) in [4.78, 5) is 48.0. The molecule has 0 saturated carbocycles. The van der Waals surface area contributed by atoms with Crippen molar-refractivity contribution >= 4 is 23.9 Å². The first kappa shape index (κ1) is 75.4. The summed E-state index contributed by atoms with van der Waals surface area (Å²) < 4.78 is 21.1. The number of hydrogen-bond donors (Lipinski definition) is 0. The molecule has 0 spiro atoms. The fraction of sp³-hybridized carbons (Fsp3) is 0.882. The van der Waals surface area contributed by atoms with Gasteiger partial charge < -0.3 is 18.9 Å². The average Bonchev–Trinajstić information content (AvgIpc) is 3.41. The maximum absolute atomic E-state index is 12.1. The number of unbranched alkanes of at least 4 members (excludes halogenated alkanes) is 46. The molecule has 448 valence electrons. The molecule has 0 atom stereocenters. The van der Waals surface area contributed by atoms with Crippen molar-refractivity contribution in [2.24, 2.45) is 0 Å². The van der Waals surface area contributed by atoms with Crippen LogP contribution >= 0.6 is 0 Å². The second kappa shape index (κ2) is 64.9. The van der Waals surface area contributed by atoms with E-state index in [1.807, 2.05) is 0 Å². The summed E-state index contributed by atoms with van der Waals surface area (Å²) >= 11 is 0. The SMILES string of the molecule is C=C(CC(=O)OCCCCCCCCCCCCC)C(=O)OCCCCCCCCCCCCC.C=C(CC(=O)OCCCCCCCCCCCCCCCC)C(=O)OCCCCCCCCCCCCCCCC. The van der Waals surface area contributed by atoms with Gasteiger partial charge in [-0.15, -0.1) is 0 Å². The zero-order chi connectivity index (χ0) is 55.9. The molecule has 0 heterocycles. The topological polar surface area (TPSA) is 105 Å². The van der Waals surface area contributed by atoms with Gasteiger partial charge in [0, 0.05) is 11.1 Å². The molecule has 76 heavy (non-hydrogen) atoms. The predicted molar refractivity (Wildman–Crippen MR) is 325 cm³/mol. The average molecular weight is 1070 g/mol. The van der Waals surface area contributed by atoms with Gasteiger partial charge in [0.15, 0.2) is 0 Å². The number of carbonyl (C=O) groups excluding carboxylic acids is 4. The van der Waals surface area contributed by atoms with Crippen LogP contribution in [0.1, 0.15) is 362 Å². The molecule has 0 aliphatic heterocycles. The van der Waals surface area contributed by atoms with Crippen LogP contribution in [-0.2, 0) is 38.1 Å². The Kier molecular flexibility index (Phi) is 64.4. The fourth-order valence-electron chi connectivity index (χ4n) is 9.63. The minimum absolute atomic E-state index is 0.0732. The molecule has 0 saturated heterocycles. The van der Waals surface area contributed by atoms with E-state index >= 15 is 0 Å². The Morgan fingerprint density at radius 2 is 0.368 bits per heavy atom. The van der Waals surface area contributed by atoms with E-state index in [9.17, 15) is 19.2 Å². The van der Waals surface area contributed by atoms with E-state index in [1.54, 1.807) is 0 Å². The summed E-state index contributed by atoms with van der Waals surface area (Å²) in [7, 11) is 0. The van der Waals surface area contributed by atoms with Crippen molar-refractivity contribution < 1.29 is 38.1 Å². The third-order valence-electron chi connectivity index (χ3n) is 14.8. The van der Waals surface area contributed by atoms with E-state index < -0.39 is 11.9 Å². The highest BCUT2D eigenvalue weighted by atomic mass is 16.5. The van der Waals surface area contributed by atoms with Crippen LogP contribution in [0.2, 0.25) is 0 Å². The monoisotopic (exact) mass is 1070 g/mol. The number of rotatable bonds is 60. The predicted octanol–water partition coefficient (Wildman–Crippen LogP) is 21.6. The summed E-state index contributed by atoms with van der Waals surface area (Å²) in [6.45, 7) is 18.1. The summed E-state index contributed by atoms with van der Waals surface area (Å²) in [6.07, 6.45) is 64.0. The van der Waals surface area contributed by atoms with Crippen LogP contribution in [0.4, 0.5) is 0 Å². The molecule has 0 aliphatic rings. The van der Waals surface area contributed by atoms with Crippen molar-refractivity contribution in [1.82, 2.24) is 0 Å². The Morgan fingerprint density at radius 3 is 0.539 bits per heavy atom. The molecule has 0 aliphatic carbocycles. The van der Waals surface area contributed by atoms with Gasteiger partial charge in [-0.1, -0.05) is 336 Å². The molecule has 8 nitrogen and oxygen atoms in total. The van der Waals surface area contributed by atoms with E-state index in [-0.39, 0.29) is 35.9 Å². The van der Waals surface area contributed by atoms with Crippen molar-refractivity contribution in [3.8, 4) is 0 Å². The number of ether oxygens (including phenoxy) is 4. The minimum atomic E-state index is -0.469. The molecule has 8 heteroatoms. The Bertz CT molecular complexity index is 1280. The highest BCUT2D eigenvalue weighted by Crippen LogP contribution is 2.17. The first-order valence-corrected chi connectivity index (χ1v) is 33.2. The van der Waals surface area contributed by atoms with Crippen LogP contribution in [0.5, 0.6) is 0 Å². The van der Waals surface area contributed by atoms with Crippen LogP contribution in [0.15, 0.2) is 24.3 Å². The van der Waals surface area contributed by atoms with Gasteiger partial charge in [-0.2, -0.15) is 0 Å². The maximum Gasteiger partial charge on any atom is 0.333 e. The van der Waals surface area contributed by atoms with Crippen molar-refractivity contribution in [3.63, 3.8) is 0 Å². The first-order chi connectivity index (χ1) is 37.2. The second-order valence-corrected chi connectivity index (χ2v) is 22.5. The summed E-state index contributed by atoms with van der Waals surface area (Å²) in [5.74, 6) is -1.69. The zero-order valence-corrected chi connectivity index (χ0v) is 51.3. The van der Waals surface area contributed by atoms with Crippen molar-refractivity contribution in [1.29, 1.82) is 0 Å². The van der Waals surface area contributed by atoms with Gasteiger partial charge >= 0.3 is 23.9 Å². The van der Waals surface area contributed by atoms with E-state index in [0.29, 0.717) is 26.4 Å². The number of carbonyl (C=O) groups is 4. The van der Waals surface area contributed by atoms with E-state index in [1.165, 1.54) is 270 Å². The third kappa shape index (κ3) is 62.2. The summed E-state index contributed by atoms with van der Waals surface area (Å²) in [6, 6.07) is 0. The zero-order valence-electron chi connectivity index (χ0n) is 51.3. The van der Waals surface area contributed by atoms with Gasteiger partial charge in [0.05, 0.1) is 39.3 Å². The van der Waals surface area contributed by atoms with Crippen molar-refractivity contribution in [2.45, 2.75) is 362 Å². The summed E-state index contributed by atoms with van der Waals surface area (Å²) in [5, 5.41) is 0. The maximum atomic E-state index is 12.1. The molecule has 0 fully saturated rings. The Labute approximate surface area is 472 Å². The quantitative estimate of drug-likeness (QED) is 0.0257. The molecule has 0 aromatic carbocycles. The molecule has 0 N–H and O–H groups in total. The van der Waals surface area contributed by atoms with E-state index in [2.05, 4.69) is 40.9 Å². The molecule has 0 aromatic rings. The highest BCUT2D eigenvalue weighted by molar-refractivity contribution is 5.93. The molecular weight excluding hydrogens is 945 g/mol. The minimum Gasteiger partial charge on any atom is -0.465 e. The van der Waals surface area contributed by atoms with Gasteiger partial charge in [-0.25, -0.2) is 9.59 Å². The first-order valence-electron chi connectivity index (χ1n) is 33.2. The molecule has 0 rings (SSSR count). The Balaban J connectivity index is 0. The third-order valence-corrected chi connectivity index (χ3v) is 14.8. The number of esters is 4. The van der Waals surface area contributed by atoms with E-state index in [0.717, 1.165) is 51.4 Å². The molecule has 0 bridgehead atoms. The Morgan fingerprint density at radius 1 is 0.224 bits per heavy atom. The molecule has 0 unspecified atom stereocenters. The highest BCUT2D eigenvalue weighted by Gasteiger charge is 2.15. The van der Waals surface area contributed by atoms with Crippen molar-refractivity contribution in [2.75, 3.05) is 26.4 Å². The van der Waals surface area contributed by atoms with Crippen LogP contribution in [0, 0.1) is 0 Å². The molecule has 0 amide bonds. The lowest BCUT2D eigenvalue weighted by molar-refractivity contribution is -0.146. The van der Waals surface area contributed by atoms with Gasteiger partial charge in [-0.3, -0.25) is 9.59 Å². The van der Waals surface area contributed by atoms with Crippen molar-refractivity contribution in [3.05, 3.63) is 24.3 Å². The van der Waals surface area contributed by atoms with Crippen LogP contribution in [-0.4, -0.2) is 50.3 Å². The second-order valence-electron chi connectivity index (χ2n) is 22.5. The smallest absolute Gasteiger partial charge is 0.333 e. The summed E-state index contributed by atoms with van der Waals surface area (Å²) in [5.41, 5.74) is 0.387. The van der Waals surface area contributed by atoms with E-state index in [4.69, 9.17) is 18.9 Å². The lowest BCUT2D eigenvalue weighted by atomic mass is 10.0. The van der Waals surface area contributed by atoms with Crippen LogP contribution < -0.4 is 0 Å². The fourth-order valence-corrected chi connectivity index (χ4v) is 9.63. The van der Waals surface area contributed by atoms with Gasteiger partial charge in [0.1, 0.15) is 0 Å². The number of hydrogen-bond acceptors (Lipinski definition) is 8. The molecular formula is C68H128O8. The Hall–Kier alpha value is -2.64. The van der Waals surface area contributed by atoms with Crippen LogP contribution in [0.3, 0.4) is 0 Å². The molecule has 0 aromatic heterocycles. The largest absolute Gasteiger partial charge is 0.465 e. The van der Waals surface area contributed by atoms with Gasteiger partial charge in [-0.05, 0) is 25.7 Å². The lowest BCUT2D eigenvalue weighted by Crippen LogP contribution is -2.14.